The number of benzene rings is 1. The fraction of sp³-hybridized carbons (Fsp3) is 0.444. The number of hydrogen-bond acceptors (Lipinski definition) is 4. The summed E-state index contributed by atoms with van der Waals surface area (Å²) in [6.07, 6.45) is 1.42. The zero-order valence-electron chi connectivity index (χ0n) is 15.1. The maximum Gasteiger partial charge on any atom is 0.335 e. The highest BCUT2D eigenvalue weighted by Crippen LogP contribution is 2.29. The van der Waals surface area contributed by atoms with Gasteiger partial charge in [-0.3, -0.25) is 4.68 Å². The van der Waals surface area contributed by atoms with Crippen LogP contribution in [0.1, 0.15) is 33.7 Å². The summed E-state index contributed by atoms with van der Waals surface area (Å²) >= 11 is 0. The molecule has 1 aromatic carbocycles. The molecule has 1 atom stereocenters. The van der Waals surface area contributed by atoms with E-state index in [-0.39, 0.29) is 11.5 Å². The zero-order chi connectivity index (χ0) is 19.1. The first-order chi connectivity index (χ1) is 12.2. The molecule has 0 aliphatic carbocycles. The van der Waals surface area contributed by atoms with Crippen molar-refractivity contribution in [3.05, 3.63) is 46.8 Å². The molecule has 1 aromatic heterocycles. The number of carboxylic acid groups (broad SMARTS) is 1. The molecule has 1 unspecified atom stereocenters. The lowest BCUT2D eigenvalue weighted by molar-refractivity contribution is 0.0696. The predicted molar refractivity (Wildman–Crippen MR) is 96.7 cm³/mol. The summed E-state index contributed by atoms with van der Waals surface area (Å²) in [4.78, 5) is 11.4. The molecule has 8 heteroatoms. The highest BCUT2D eigenvalue weighted by molar-refractivity contribution is 7.89. The number of hydrogen-bond donors (Lipinski definition) is 1. The Morgan fingerprint density at radius 3 is 2.69 bits per heavy atom. The lowest BCUT2D eigenvalue weighted by Gasteiger charge is -2.17. The standard InChI is InChI=1S/C18H23N3O4S/c1-12-17(13(2)20(3)19-12)26(24,25)21-8-7-15(11-21)9-14-5-4-6-16(10-14)18(22)23/h4-6,10,15H,7-9,11H2,1-3H3,(H,22,23). The topological polar surface area (TPSA) is 92.5 Å². The molecule has 1 fully saturated rings. The monoisotopic (exact) mass is 377 g/mol. The second kappa shape index (κ2) is 6.85. The molecular weight excluding hydrogens is 354 g/mol. The number of aryl methyl sites for hydroxylation is 2. The molecule has 0 spiro atoms. The van der Waals surface area contributed by atoms with Crippen molar-refractivity contribution in [3.8, 4) is 0 Å². The molecule has 26 heavy (non-hydrogen) atoms. The van der Waals surface area contributed by atoms with Crippen LogP contribution in [0.15, 0.2) is 29.2 Å². The third-order valence-electron chi connectivity index (χ3n) is 4.99. The Hall–Kier alpha value is -2.19. The predicted octanol–water partition coefficient (Wildman–Crippen LogP) is 1.99. The van der Waals surface area contributed by atoms with Gasteiger partial charge in [0.15, 0.2) is 0 Å². The third-order valence-corrected chi connectivity index (χ3v) is 7.11. The van der Waals surface area contributed by atoms with E-state index in [0.717, 1.165) is 12.0 Å². The Kier molecular flexibility index (Phi) is 4.90. The van der Waals surface area contributed by atoms with Gasteiger partial charge in [0.2, 0.25) is 10.0 Å². The lowest BCUT2D eigenvalue weighted by Crippen LogP contribution is -2.30. The van der Waals surface area contributed by atoms with Crippen LogP contribution in [0, 0.1) is 19.8 Å². The Morgan fingerprint density at radius 1 is 1.35 bits per heavy atom. The maximum atomic E-state index is 13.0. The van der Waals surface area contributed by atoms with Crippen molar-refractivity contribution in [2.45, 2.75) is 31.6 Å². The number of nitrogens with zero attached hydrogens (tertiary/aromatic N) is 3. The summed E-state index contributed by atoms with van der Waals surface area (Å²) in [6.45, 7) is 4.38. The molecule has 1 saturated heterocycles. The van der Waals surface area contributed by atoms with Crippen LogP contribution >= 0.6 is 0 Å². The van der Waals surface area contributed by atoms with E-state index in [1.807, 2.05) is 6.07 Å². The van der Waals surface area contributed by atoms with E-state index in [9.17, 15) is 13.2 Å². The van der Waals surface area contributed by atoms with E-state index in [1.165, 1.54) is 4.31 Å². The van der Waals surface area contributed by atoms with Crippen LogP contribution in [0.2, 0.25) is 0 Å². The van der Waals surface area contributed by atoms with Gasteiger partial charge in [-0.05, 0) is 50.3 Å². The average molecular weight is 377 g/mol. The SMILES string of the molecule is Cc1nn(C)c(C)c1S(=O)(=O)N1CCC(Cc2cccc(C(=O)O)c2)C1. The Morgan fingerprint density at radius 2 is 2.08 bits per heavy atom. The minimum atomic E-state index is -3.57. The minimum absolute atomic E-state index is 0.172. The molecule has 140 valence electrons. The molecule has 2 aromatic rings. The first-order valence-corrected chi connectivity index (χ1v) is 9.96. The maximum absolute atomic E-state index is 13.0. The van der Waals surface area contributed by atoms with E-state index < -0.39 is 16.0 Å². The summed E-state index contributed by atoms with van der Waals surface area (Å²) in [5.74, 6) is -0.781. The van der Waals surface area contributed by atoms with Gasteiger partial charge in [0.25, 0.3) is 0 Å². The van der Waals surface area contributed by atoms with Gasteiger partial charge in [-0.1, -0.05) is 12.1 Å². The van der Waals surface area contributed by atoms with Crippen molar-refractivity contribution in [3.63, 3.8) is 0 Å². The first-order valence-electron chi connectivity index (χ1n) is 8.52. The van der Waals surface area contributed by atoms with Gasteiger partial charge in [0.05, 0.1) is 17.0 Å². The second-order valence-electron chi connectivity index (χ2n) is 6.85. The second-order valence-corrected chi connectivity index (χ2v) is 8.73. The number of carboxylic acids is 1. The summed E-state index contributed by atoms with van der Waals surface area (Å²) < 4.78 is 29.2. The smallest absolute Gasteiger partial charge is 0.335 e. The molecule has 2 heterocycles. The van der Waals surface area contributed by atoms with Gasteiger partial charge >= 0.3 is 5.97 Å². The largest absolute Gasteiger partial charge is 0.478 e. The Labute approximate surface area is 153 Å². The molecule has 1 N–H and O–H groups in total. The normalized spacial score (nSPS) is 18.3. The van der Waals surface area contributed by atoms with Gasteiger partial charge in [-0.15, -0.1) is 0 Å². The number of aromatic carboxylic acids is 1. The van der Waals surface area contributed by atoms with E-state index in [0.29, 0.717) is 35.8 Å². The number of carbonyl (C=O) groups is 1. The van der Waals surface area contributed by atoms with Gasteiger partial charge in [0, 0.05) is 20.1 Å². The number of aromatic nitrogens is 2. The molecule has 0 amide bonds. The fourth-order valence-corrected chi connectivity index (χ4v) is 5.53. The number of rotatable bonds is 5. The van der Waals surface area contributed by atoms with Crippen molar-refractivity contribution >= 4 is 16.0 Å². The molecule has 7 nitrogen and oxygen atoms in total. The summed E-state index contributed by atoms with van der Waals surface area (Å²) in [7, 11) is -1.83. The van der Waals surface area contributed by atoms with E-state index in [2.05, 4.69) is 5.10 Å². The minimum Gasteiger partial charge on any atom is -0.478 e. The number of sulfonamides is 1. The Bertz CT molecular complexity index is 949. The van der Waals surface area contributed by atoms with Crippen LogP contribution in [0.25, 0.3) is 0 Å². The van der Waals surface area contributed by atoms with Crippen LogP contribution in [0.5, 0.6) is 0 Å². The average Bonchev–Trinajstić information content (AvgIpc) is 3.13. The molecule has 0 bridgehead atoms. The van der Waals surface area contributed by atoms with Gasteiger partial charge in [-0.2, -0.15) is 9.40 Å². The highest BCUT2D eigenvalue weighted by atomic mass is 32.2. The van der Waals surface area contributed by atoms with E-state index in [4.69, 9.17) is 5.11 Å². The molecule has 0 saturated carbocycles. The van der Waals surface area contributed by atoms with Crippen LogP contribution in [0.3, 0.4) is 0 Å². The van der Waals surface area contributed by atoms with Crippen LogP contribution in [0.4, 0.5) is 0 Å². The van der Waals surface area contributed by atoms with Crippen molar-refractivity contribution < 1.29 is 18.3 Å². The fourth-order valence-electron chi connectivity index (χ4n) is 3.60. The van der Waals surface area contributed by atoms with Gasteiger partial charge < -0.3 is 5.11 Å². The molecule has 1 aliphatic heterocycles. The highest BCUT2D eigenvalue weighted by Gasteiger charge is 2.35. The third kappa shape index (κ3) is 3.39. The first kappa shape index (κ1) is 18.6. The van der Waals surface area contributed by atoms with Crippen LogP contribution in [-0.2, 0) is 23.5 Å². The lowest BCUT2D eigenvalue weighted by atomic mass is 9.97. The zero-order valence-corrected chi connectivity index (χ0v) is 16.0. The van der Waals surface area contributed by atoms with Crippen LogP contribution in [-0.4, -0.2) is 46.7 Å². The van der Waals surface area contributed by atoms with Crippen molar-refractivity contribution in [2.75, 3.05) is 13.1 Å². The quantitative estimate of drug-likeness (QED) is 0.860. The summed E-state index contributed by atoms with van der Waals surface area (Å²) in [6, 6.07) is 6.84. The molecule has 0 radical (unpaired) electrons. The van der Waals surface area contributed by atoms with Crippen molar-refractivity contribution in [2.24, 2.45) is 13.0 Å². The summed E-state index contributed by atoms with van der Waals surface area (Å²) in [5.41, 5.74) is 2.33. The molecule has 3 rings (SSSR count). The van der Waals surface area contributed by atoms with Gasteiger partial charge in [0.1, 0.15) is 4.90 Å². The molecule has 1 aliphatic rings. The molecular formula is C18H23N3O4S. The Balaban J connectivity index is 1.76. The van der Waals surface area contributed by atoms with Crippen LogP contribution < -0.4 is 0 Å². The van der Waals surface area contributed by atoms with E-state index in [1.54, 1.807) is 43.8 Å². The van der Waals surface area contributed by atoms with Crippen molar-refractivity contribution in [1.82, 2.24) is 14.1 Å². The van der Waals surface area contributed by atoms with Crippen molar-refractivity contribution in [1.29, 1.82) is 0 Å². The summed E-state index contributed by atoms with van der Waals surface area (Å²) in [5, 5.41) is 13.3. The van der Waals surface area contributed by atoms with Gasteiger partial charge in [-0.25, -0.2) is 13.2 Å². The van der Waals surface area contributed by atoms with E-state index >= 15 is 0 Å².